The van der Waals surface area contributed by atoms with Crippen LogP contribution in [0.2, 0.25) is 0 Å². The van der Waals surface area contributed by atoms with Gasteiger partial charge in [0.25, 0.3) is 0 Å². The largest absolute Gasteiger partial charge is 0.392 e. The SMILES string of the molecule is CC(C)(C)C1=NOC2CCCCCC12. The summed E-state index contributed by atoms with van der Waals surface area (Å²) in [6, 6.07) is 0. The molecule has 0 amide bonds. The van der Waals surface area contributed by atoms with Gasteiger partial charge in [-0.2, -0.15) is 0 Å². The molecule has 1 aliphatic heterocycles. The average Bonchev–Trinajstić information content (AvgIpc) is 2.36. The van der Waals surface area contributed by atoms with Crippen LogP contribution in [0.1, 0.15) is 52.9 Å². The first-order chi connectivity index (χ1) is 6.59. The topological polar surface area (TPSA) is 21.6 Å². The van der Waals surface area contributed by atoms with E-state index in [0.29, 0.717) is 12.0 Å². The van der Waals surface area contributed by atoms with E-state index in [1.165, 1.54) is 37.8 Å². The van der Waals surface area contributed by atoms with Crippen molar-refractivity contribution >= 4 is 5.71 Å². The van der Waals surface area contributed by atoms with Crippen LogP contribution < -0.4 is 0 Å². The van der Waals surface area contributed by atoms with Crippen LogP contribution in [0.5, 0.6) is 0 Å². The van der Waals surface area contributed by atoms with Crippen LogP contribution in [0.15, 0.2) is 5.16 Å². The van der Waals surface area contributed by atoms with Crippen molar-refractivity contribution in [3.05, 3.63) is 0 Å². The van der Waals surface area contributed by atoms with Crippen molar-refractivity contribution in [1.29, 1.82) is 0 Å². The molecular formula is C12H21NO. The second kappa shape index (κ2) is 3.56. The summed E-state index contributed by atoms with van der Waals surface area (Å²) in [6.07, 6.45) is 6.91. The lowest BCUT2D eigenvalue weighted by atomic mass is 9.78. The monoisotopic (exact) mass is 195 g/mol. The third-order valence-electron chi connectivity index (χ3n) is 3.36. The molecule has 0 aromatic heterocycles. The fraction of sp³-hybridized carbons (Fsp3) is 0.917. The lowest BCUT2D eigenvalue weighted by molar-refractivity contribution is 0.0571. The molecule has 1 fully saturated rings. The van der Waals surface area contributed by atoms with Crippen molar-refractivity contribution in [3.63, 3.8) is 0 Å². The normalized spacial score (nSPS) is 32.9. The predicted octanol–water partition coefficient (Wildman–Crippen LogP) is 3.37. The molecular weight excluding hydrogens is 174 g/mol. The Labute approximate surface area is 86.7 Å². The fourth-order valence-electron chi connectivity index (χ4n) is 2.60. The Kier molecular flexibility index (Phi) is 2.54. The van der Waals surface area contributed by atoms with Gasteiger partial charge in [-0.1, -0.05) is 38.8 Å². The molecule has 14 heavy (non-hydrogen) atoms. The molecule has 0 aromatic carbocycles. The highest BCUT2D eigenvalue weighted by molar-refractivity contribution is 5.92. The molecule has 2 rings (SSSR count). The quantitative estimate of drug-likeness (QED) is 0.580. The van der Waals surface area contributed by atoms with E-state index in [9.17, 15) is 0 Å². The van der Waals surface area contributed by atoms with E-state index in [1.54, 1.807) is 0 Å². The number of rotatable bonds is 0. The van der Waals surface area contributed by atoms with Crippen molar-refractivity contribution in [2.45, 2.75) is 59.0 Å². The molecule has 1 heterocycles. The minimum absolute atomic E-state index is 0.184. The molecule has 1 saturated carbocycles. The molecule has 2 atom stereocenters. The van der Waals surface area contributed by atoms with Gasteiger partial charge in [0.05, 0.1) is 5.71 Å². The fourth-order valence-corrected chi connectivity index (χ4v) is 2.60. The highest BCUT2D eigenvalue weighted by Crippen LogP contribution is 2.37. The van der Waals surface area contributed by atoms with Crippen LogP contribution in [0.3, 0.4) is 0 Å². The Morgan fingerprint density at radius 3 is 2.57 bits per heavy atom. The number of oxime groups is 1. The standard InChI is InChI=1S/C12H21NO/c1-12(2,3)11-9-7-5-4-6-8-10(9)14-13-11/h9-10H,4-8H2,1-3H3. The second-order valence-electron chi connectivity index (χ2n) is 5.61. The van der Waals surface area contributed by atoms with Gasteiger partial charge >= 0.3 is 0 Å². The summed E-state index contributed by atoms with van der Waals surface area (Å²) < 4.78 is 0. The number of nitrogens with zero attached hydrogens (tertiary/aromatic N) is 1. The maximum absolute atomic E-state index is 5.56. The van der Waals surface area contributed by atoms with Gasteiger partial charge in [-0.15, -0.1) is 0 Å². The lowest BCUT2D eigenvalue weighted by Crippen LogP contribution is -2.30. The molecule has 2 aliphatic rings. The molecule has 0 saturated heterocycles. The summed E-state index contributed by atoms with van der Waals surface area (Å²) in [5, 5.41) is 4.31. The van der Waals surface area contributed by atoms with Crippen LogP contribution in [0, 0.1) is 11.3 Å². The van der Waals surface area contributed by atoms with Crippen LogP contribution >= 0.6 is 0 Å². The van der Waals surface area contributed by atoms with Gasteiger partial charge in [0.1, 0.15) is 6.10 Å². The molecule has 0 aromatic rings. The summed E-state index contributed by atoms with van der Waals surface area (Å²) in [6.45, 7) is 6.72. The van der Waals surface area contributed by atoms with Gasteiger partial charge in [0.2, 0.25) is 0 Å². The Balaban J connectivity index is 2.13. The van der Waals surface area contributed by atoms with E-state index in [2.05, 4.69) is 25.9 Å². The first kappa shape index (κ1) is 10.0. The zero-order valence-corrected chi connectivity index (χ0v) is 9.55. The van der Waals surface area contributed by atoms with Gasteiger partial charge in [0.15, 0.2) is 0 Å². The van der Waals surface area contributed by atoms with E-state index in [0.717, 1.165) is 0 Å². The maximum Gasteiger partial charge on any atom is 0.135 e. The average molecular weight is 195 g/mol. The summed E-state index contributed by atoms with van der Waals surface area (Å²) >= 11 is 0. The zero-order valence-electron chi connectivity index (χ0n) is 9.55. The maximum atomic E-state index is 5.56. The van der Waals surface area contributed by atoms with Gasteiger partial charge < -0.3 is 4.84 Å². The van der Waals surface area contributed by atoms with Crippen LogP contribution in [-0.2, 0) is 4.84 Å². The highest BCUT2D eigenvalue weighted by Gasteiger charge is 2.39. The van der Waals surface area contributed by atoms with E-state index in [-0.39, 0.29) is 5.41 Å². The molecule has 1 aliphatic carbocycles. The molecule has 80 valence electrons. The van der Waals surface area contributed by atoms with Crippen molar-refractivity contribution in [2.24, 2.45) is 16.5 Å². The minimum Gasteiger partial charge on any atom is -0.392 e. The van der Waals surface area contributed by atoms with Crippen molar-refractivity contribution in [3.8, 4) is 0 Å². The molecule has 2 unspecified atom stereocenters. The molecule has 2 nitrogen and oxygen atoms in total. The Morgan fingerprint density at radius 1 is 1.14 bits per heavy atom. The summed E-state index contributed by atoms with van der Waals surface area (Å²) in [5.41, 5.74) is 1.48. The first-order valence-corrected chi connectivity index (χ1v) is 5.83. The first-order valence-electron chi connectivity index (χ1n) is 5.83. The van der Waals surface area contributed by atoms with Crippen molar-refractivity contribution in [2.75, 3.05) is 0 Å². The van der Waals surface area contributed by atoms with Gasteiger partial charge in [-0.05, 0) is 19.3 Å². The van der Waals surface area contributed by atoms with Crippen LogP contribution in [-0.4, -0.2) is 11.8 Å². The Morgan fingerprint density at radius 2 is 1.86 bits per heavy atom. The van der Waals surface area contributed by atoms with E-state index < -0.39 is 0 Å². The van der Waals surface area contributed by atoms with Gasteiger partial charge in [-0.3, -0.25) is 0 Å². The zero-order chi connectivity index (χ0) is 10.2. The number of fused-ring (bicyclic) bond motifs is 1. The summed E-state index contributed by atoms with van der Waals surface area (Å²) in [7, 11) is 0. The van der Waals surface area contributed by atoms with E-state index in [4.69, 9.17) is 4.84 Å². The minimum atomic E-state index is 0.184. The molecule has 0 radical (unpaired) electrons. The highest BCUT2D eigenvalue weighted by atomic mass is 16.6. The smallest absolute Gasteiger partial charge is 0.135 e. The molecule has 0 N–H and O–H groups in total. The van der Waals surface area contributed by atoms with Crippen molar-refractivity contribution < 1.29 is 4.84 Å². The second-order valence-corrected chi connectivity index (χ2v) is 5.61. The number of hydrogen-bond acceptors (Lipinski definition) is 2. The molecule has 0 spiro atoms. The van der Waals surface area contributed by atoms with Gasteiger partial charge in [-0.25, -0.2) is 0 Å². The van der Waals surface area contributed by atoms with E-state index >= 15 is 0 Å². The lowest BCUT2D eigenvalue weighted by Gasteiger charge is -2.24. The van der Waals surface area contributed by atoms with Crippen LogP contribution in [0.4, 0.5) is 0 Å². The Bertz CT molecular complexity index is 239. The number of hydrogen-bond donors (Lipinski definition) is 0. The Hall–Kier alpha value is -0.530. The third-order valence-corrected chi connectivity index (χ3v) is 3.36. The van der Waals surface area contributed by atoms with Crippen LogP contribution in [0.25, 0.3) is 0 Å². The summed E-state index contributed by atoms with van der Waals surface area (Å²) in [4.78, 5) is 5.56. The third kappa shape index (κ3) is 1.79. The molecule has 2 heteroatoms. The van der Waals surface area contributed by atoms with Gasteiger partial charge in [0, 0.05) is 11.3 Å². The van der Waals surface area contributed by atoms with E-state index in [1.807, 2.05) is 0 Å². The summed E-state index contributed by atoms with van der Waals surface area (Å²) in [5.74, 6) is 0.609. The molecule has 0 bridgehead atoms. The predicted molar refractivity (Wildman–Crippen MR) is 58.3 cm³/mol. The van der Waals surface area contributed by atoms with Crippen molar-refractivity contribution in [1.82, 2.24) is 0 Å².